The number of amides is 1. The summed E-state index contributed by atoms with van der Waals surface area (Å²) in [6.07, 6.45) is 12.4. The number of nitrogens with zero attached hydrogens (tertiary/aromatic N) is 6. The van der Waals surface area contributed by atoms with Crippen LogP contribution in [-0.4, -0.2) is 87.1 Å². The molecule has 1 unspecified atom stereocenters. The summed E-state index contributed by atoms with van der Waals surface area (Å²) in [7, 11) is 0. The number of H-pyrrole nitrogens is 1. The van der Waals surface area contributed by atoms with Gasteiger partial charge >= 0.3 is 12.1 Å². The maximum Gasteiger partial charge on any atom is 0.407 e. The molecule has 4 aromatic rings. The first-order chi connectivity index (χ1) is 22.9. The van der Waals surface area contributed by atoms with Crippen LogP contribution in [0.3, 0.4) is 0 Å². The SMILES string of the molecule is C1CC1.CC.CCOC(=O)NC1CCN(c2nc(OCC34CCCN3CCC4)nc3c(F)c(-c4cc(Cl)cc5[nH]ncc45)ncc23)C1. The molecule has 2 N–H and O–H groups in total. The molecular weight excluding hydrogens is 623 g/mol. The van der Waals surface area contributed by atoms with Crippen molar-refractivity contribution >= 4 is 45.3 Å². The predicted molar refractivity (Wildman–Crippen MR) is 182 cm³/mol. The molecule has 13 heteroatoms. The van der Waals surface area contributed by atoms with Gasteiger partial charge in [0.2, 0.25) is 0 Å². The van der Waals surface area contributed by atoms with Gasteiger partial charge in [0.25, 0.3) is 0 Å². The summed E-state index contributed by atoms with van der Waals surface area (Å²) in [5.41, 5.74) is 1.41. The molecule has 3 aromatic heterocycles. The number of pyridine rings is 1. The smallest absolute Gasteiger partial charge is 0.407 e. The Labute approximate surface area is 279 Å². The number of benzene rings is 1. The number of carbonyl (C=O) groups is 1. The van der Waals surface area contributed by atoms with Gasteiger partial charge in [0.15, 0.2) is 5.82 Å². The minimum Gasteiger partial charge on any atom is -0.461 e. The van der Waals surface area contributed by atoms with Crippen molar-refractivity contribution in [3.05, 3.63) is 35.4 Å². The fourth-order valence-corrected chi connectivity index (χ4v) is 7.01. The number of anilines is 1. The Bertz CT molecular complexity index is 1700. The van der Waals surface area contributed by atoms with E-state index in [0.29, 0.717) is 65.4 Å². The Morgan fingerprint density at radius 2 is 1.85 bits per heavy atom. The van der Waals surface area contributed by atoms with Gasteiger partial charge in [-0.3, -0.25) is 15.0 Å². The number of hydrogen-bond donors (Lipinski definition) is 2. The minimum atomic E-state index is -0.590. The highest BCUT2D eigenvalue weighted by molar-refractivity contribution is 6.31. The van der Waals surface area contributed by atoms with Crippen LogP contribution in [0.4, 0.5) is 15.0 Å². The monoisotopic (exact) mass is 666 g/mol. The second-order valence-electron chi connectivity index (χ2n) is 12.4. The first kappa shape index (κ1) is 33.1. The van der Waals surface area contributed by atoms with E-state index in [1.54, 1.807) is 31.5 Å². The molecular formula is C34H44ClFN8O3. The van der Waals surface area contributed by atoms with Crippen LogP contribution >= 0.6 is 11.6 Å². The first-order valence-electron chi connectivity index (χ1n) is 17.0. The fraction of sp³-hybridized carbons (Fsp3) is 0.559. The molecule has 4 fully saturated rings. The van der Waals surface area contributed by atoms with Gasteiger partial charge < -0.3 is 19.7 Å². The van der Waals surface area contributed by atoms with Crippen LogP contribution in [0.25, 0.3) is 33.1 Å². The van der Waals surface area contributed by atoms with E-state index in [4.69, 9.17) is 26.1 Å². The van der Waals surface area contributed by atoms with Crippen molar-refractivity contribution in [3.63, 3.8) is 0 Å². The number of nitrogens with one attached hydrogen (secondary N) is 2. The fourth-order valence-electron chi connectivity index (χ4n) is 6.80. The topological polar surface area (TPSA) is 121 Å². The summed E-state index contributed by atoms with van der Waals surface area (Å²) in [4.78, 5) is 30.5. The number of hydrogen-bond acceptors (Lipinski definition) is 9. The van der Waals surface area contributed by atoms with E-state index in [1.807, 2.05) is 18.7 Å². The van der Waals surface area contributed by atoms with E-state index in [9.17, 15) is 4.79 Å². The number of halogens is 2. The lowest BCUT2D eigenvalue weighted by molar-refractivity contribution is 0.108. The number of aromatic nitrogens is 5. The molecule has 47 heavy (non-hydrogen) atoms. The van der Waals surface area contributed by atoms with Gasteiger partial charge in [-0.2, -0.15) is 15.1 Å². The van der Waals surface area contributed by atoms with E-state index in [0.717, 1.165) is 38.8 Å². The zero-order valence-electron chi connectivity index (χ0n) is 27.5. The van der Waals surface area contributed by atoms with Gasteiger partial charge in [0, 0.05) is 35.3 Å². The van der Waals surface area contributed by atoms with Gasteiger partial charge in [-0.05, 0) is 64.3 Å². The third-order valence-corrected chi connectivity index (χ3v) is 9.36. The number of fused-ring (bicyclic) bond motifs is 3. The highest BCUT2D eigenvalue weighted by atomic mass is 35.5. The van der Waals surface area contributed by atoms with Crippen LogP contribution in [0.5, 0.6) is 6.01 Å². The summed E-state index contributed by atoms with van der Waals surface area (Å²) in [6, 6.07) is 3.40. The van der Waals surface area contributed by atoms with Gasteiger partial charge in [0.1, 0.15) is 23.6 Å². The number of alkyl carbamates (subject to hydrolysis) is 1. The van der Waals surface area contributed by atoms with E-state index < -0.39 is 11.9 Å². The van der Waals surface area contributed by atoms with E-state index in [2.05, 4.69) is 30.4 Å². The molecule has 8 rings (SSSR count). The quantitative estimate of drug-likeness (QED) is 0.217. The van der Waals surface area contributed by atoms with Crippen molar-refractivity contribution in [2.24, 2.45) is 0 Å². The Balaban J connectivity index is 0.000000720. The highest BCUT2D eigenvalue weighted by Gasteiger charge is 2.45. The maximum atomic E-state index is 16.5. The van der Waals surface area contributed by atoms with Crippen molar-refractivity contribution in [2.45, 2.75) is 83.7 Å². The van der Waals surface area contributed by atoms with E-state index in [1.165, 1.54) is 19.3 Å². The molecule has 1 atom stereocenters. The molecule has 6 heterocycles. The summed E-state index contributed by atoms with van der Waals surface area (Å²) in [6.45, 7) is 9.74. The molecule has 0 bridgehead atoms. The molecule has 1 saturated carbocycles. The average molecular weight is 667 g/mol. The Kier molecular flexibility index (Phi) is 10.3. The van der Waals surface area contributed by atoms with Crippen molar-refractivity contribution in [1.29, 1.82) is 0 Å². The third-order valence-electron chi connectivity index (χ3n) is 9.14. The van der Waals surface area contributed by atoms with Gasteiger partial charge in [0.05, 0.1) is 35.3 Å². The maximum absolute atomic E-state index is 16.5. The van der Waals surface area contributed by atoms with Gasteiger partial charge in [-0.25, -0.2) is 9.18 Å². The largest absolute Gasteiger partial charge is 0.461 e. The third kappa shape index (κ3) is 7.08. The lowest BCUT2D eigenvalue weighted by Gasteiger charge is -2.31. The standard InChI is InChI=1S/C29H32ClFN8O3.C3H6.C2H6/c1-2-41-28(40)34-18-5-10-38(15-18)26-21-13-32-24(19-11-17(30)12-22-20(19)14-33-37-22)23(31)25(21)35-27(36-26)42-16-29-6-3-8-39(29)9-4-7-29;1-2-3-1;1-2/h11-14,18H,2-10,15-16H2,1H3,(H,33,37)(H,34,40);1-3H2;1-2H3. The minimum absolute atomic E-state index is 0.0175. The number of rotatable bonds is 7. The molecule has 0 spiro atoms. The molecule has 3 saturated heterocycles. The van der Waals surface area contributed by atoms with Crippen LogP contribution < -0.4 is 15.0 Å². The van der Waals surface area contributed by atoms with Gasteiger partial charge in [-0.1, -0.05) is 44.7 Å². The van der Waals surface area contributed by atoms with Crippen LogP contribution in [-0.2, 0) is 4.74 Å². The predicted octanol–water partition coefficient (Wildman–Crippen LogP) is 6.89. The molecule has 1 aromatic carbocycles. The number of carbonyl (C=O) groups excluding carboxylic acids is 1. The first-order valence-corrected chi connectivity index (χ1v) is 17.4. The van der Waals surface area contributed by atoms with Crippen LogP contribution in [0.1, 0.15) is 72.1 Å². The summed E-state index contributed by atoms with van der Waals surface area (Å²) >= 11 is 6.36. The Morgan fingerprint density at radius 3 is 2.57 bits per heavy atom. The molecule has 11 nitrogen and oxygen atoms in total. The van der Waals surface area contributed by atoms with E-state index >= 15 is 4.39 Å². The molecule has 4 aliphatic rings. The normalized spacial score (nSPS) is 19.5. The summed E-state index contributed by atoms with van der Waals surface area (Å²) in [5.74, 6) is -0.0689. The Hall–Kier alpha value is -3.77. The second kappa shape index (κ2) is 14.6. The Morgan fingerprint density at radius 1 is 1.09 bits per heavy atom. The van der Waals surface area contributed by atoms with Crippen LogP contribution in [0.15, 0.2) is 24.5 Å². The van der Waals surface area contributed by atoms with Crippen molar-refractivity contribution in [1.82, 2.24) is 35.4 Å². The van der Waals surface area contributed by atoms with Crippen molar-refractivity contribution < 1.29 is 18.7 Å². The van der Waals surface area contributed by atoms with Gasteiger partial charge in [-0.15, -0.1) is 0 Å². The summed E-state index contributed by atoms with van der Waals surface area (Å²) < 4.78 is 27.8. The van der Waals surface area contributed by atoms with Crippen LogP contribution in [0, 0.1) is 5.82 Å². The molecule has 0 radical (unpaired) electrons. The zero-order valence-corrected chi connectivity index (χ0v) is 28.2. The van der Waals surface area contributed by atoms with E-state index in [-0.39, 0.29) is 28.8 Å². The van der Waals surface area contributed by atoms with Crippen molar-refractivity contribution in [3.8, 4) is 17.3 Å². The molecule has 3 aliphatic heterocycles. The summed E-state index contributed by atoms with van der Waals surface area (Å²) in [5, 5.41) is 11.5. The molecule has 1 amide bonds. The van der Waals surface area contributed by atoms with Crippen molar-refractivity contribution in [2.75, 3.05) is 44.3 Å². The second-order valence-corrected chi connectivity index (χ2v) is 12.8. The highest BCUT2D eigenvalue weighted by Crippen LogP contribution is 2.40. The van der Waals surface area contributed by atoms with Crippen LogP contribution in [0.2, 0.25) is 5.02 Å². The average Bonchev–Trinajstić information content (AvgIpc) is 3.41. The number of ether oxygens (including phenoxy) is 2. The lowest BCUT2D eigenvalue weighted by Crippen LogP contribution is -2.43. The molecule has 252 valence electrons. The molecule has 1 aliphatic carbocycles. The number of aromatic amines is 1. The lowest BCUT2D eigenvalue weighted by atomic mass is 9.95. The zero-order chi connectivity index (χ0) is 33.0.